The number of benzene rings is 1. The van der Waals surface area contributed by atoms with E-state index >= 15 is 0 Å². The number of carbonyl (C=O) groups excluding carboxylic acids is 1. The molecule has 0 unspecified atom stereocenters. The van der Waals surface area contributed by atoms with Gasteiger partial charge in [-0.3, -0.25) is 4.79 Å². The molecule has 4 heteroatoms. The topological polar surface area (TPSA) is 29.5 Å². The SMILES string of the molecule is COC(=O)[C@@H]1CN(C)CC[C@@H]1c1ccc(Br)cc1. The van der Waals surface area contributed by atoms with Crippen molar-refractivity contribution in [2.24, 2.45) is 5.92 Å². The molecule has 2 atom stereocenters. The summed E-state index contributed by atoms with van der Waals surface area (Å²) in [6.45, 7) is 1.79. The number of halogens is 1. The molecule has 1 aromatic carbocycles. The standard InChI is InChI=1S/C14H18BrNO2/c1-16-8-7-12(13(9-16)14(17)18-2)10-3-5-11(15)6-4-10/h3-6,12-13H,7-9H2,1-2H3/t12-,13-/m1/s1. The lowest BCUT2D eigenvalue weighted by Gasteiger charge is -2.35. The van der Waals surface area contributed by atoms with E-state index in [1.165, 1.54) is 12.7 Å². The molecule has 1 heterocycles. The third kappa shape index (κ3) is 2.93. The molecule has 1 fully saturated rings. The maximum atomic E-state index is 11.9. The van der Waals surface area contributed by atoms with E-state index in [0.717, 1.165) is 24.0 Å². The van der Waals surface area contributed by atoms with Gasteiger partial charge in [-0.15, -0.1) is 0 Å². The van der Waals surface area contributed by atoms with E-state index in [-0.39, 0.29) is 17.8 Å². The lowest BCUT2D eigenvalue weighted by atomic mass is 9.80. The Bertz CT molecular complexity index is 418. The van der Waals surface area contributed by atoms with E-state index in [0.29, 0.717) is 0 Å². The minimum Gasteiger partial charge on any atom is -0.469 e. The number of hydrogen-bond acceptors (Lipinski definition) is 3. The fraction of sp³-hybridized carbons (Fsp3) is 0.500. The van der Waals surface area contributed by atoms with Crippen molar-refractivity contribution in [2.45, 2.75) is 12.3 Å². The van der Waals surface area contributed by atoms with Gasteiger partial charge in [0.15, 0.2) is 0 Å². The van der Waals surface area contributed by atoms with Crippen LogP contribution in [-0.4, -0.2) is 38.1 Å². The number of carbonyl (C=O) groups is 1. The maximum absolute atomic E-state index is 11.9. The van der Waals surface area contributed by atoms with Gasteiger partial charge < -0.3 is 9.64 Å². The number of methoxy groups -OCH3 is 1. The van der Waals surface area contributed by atoms with E-state index < -0.39 is 0 Å². The molecule has 0 aliphatic carbocycles. The largest absolute Gasteiger partial charge is 0.469 e. The van der Waals surface area contributed by atoms with E-state index in [9.17, 15) is 4.79 Å². The first kappa shape index (κ1) is 13.6. The Labute approximate surface area is 116 Å². The smallest absolute Gasteiger partial charge is 0.310 e. The quantitative estimate of drug-likeness (QED) is 0.786. The highest BCUT2D eigenvalue weighted by Crippen LogP contribution is 2.33. The third-order valence-corrected chi connectivity index (χ3v) is 4.15. The summed E-state index contributed by atoms with van der Waals surface area (Å²) in [7, 11) is 3.52. The summed E-state index contributed by atoms with van der Waals surface area (Å²) >= 11 is 3.44. The van der Waals surface area contributed by atoms with E-state index in [2.05, 4.69) is 33.0 Å². The van der Waals surface area contributed by atoms with Crippen LogP contribution in [0, 0.1) is 5.92 Å². The van der Waals surface area contributed by atoms with E-state index in [1.54, 1.807) is 0 Å². The number of hydrogen-bond donors (Lipinski definition) is 0. The van der Waals surface area contributed by atoms with Gasteiger partial charge in [-0.1, -0.05) is 28.1 Å². The molecular formula is C14H18BrNO2. The van der Waals surface area contributed by atoms with Gasteiger partial charge in [0.2, 0.25) is 0 Å². The fourth-order valence-electron chi connectivity index (χ4n) is 2.61. The van der Waals surface area contributed by atoms with Crippen molar-refractivity contribution in [3.63, 3.8) is 0 Å². The third-order valence-electron chi connectivity index (χ3n) is 3.62. The van der Waals surface area contributed by atoms with Crippen molar-refractivity contribution in [3.8, 4) is 0 Å². The molecule has 0 aromatic heterocycles. The second kappa shape index (κ2) is 5.85. The average molecular weight is 312 g/mol. The van der Waals surface area contributed by atoms with Crippen molar-refractivity contribution in [3.05, 3.63) is 34.3 Å². The maximum Gasteiger partial charge on any atom is 0.310 e. The molecule has 0 N–H and O–H groups in total. The molecule has 98 valence electrons. The molecule has 1 aliphatic rings. The van der Waals surface area contributed by atoms with Crippen LogP contribution in [0.4, 0.5) is 0 Å². The second-order valence-corrected chi connectivity index (χ2v) is 5.75. The van der Waals surface area contributed by atoms with Crippen molar-refractivity contribution in [1.82, 2.24) is 4.90 Å². The molecule has 0 saturated carbocycles. The lowest BCUT2D eigenvalue weighted by molar-refractivity contribution is -0.148. The Morgan fingerprint density at radius 3 is 2.67 bits per heavy atom. The first-order chi connectivity index (χ1) is 8.61. The Hall–Kier alpha value is -0.870. The highest BCUT2D eigenvalue weighted by Gasteiger charge is 2.34. The van der Waals surface area contributed by atoms with Gasteiger partial charge in [0.05, 0.1) is 13.0 Å². The monoisotopic (exact) mass is 311 g/mol. The van der Waals surface area contributed by atoms with Crippen molar-refractivity contribution < 1.29 is 9.53 Å². The predicted molar refractivity (Wildman–Crippen MR) is 74.5 cm³/mol. The van der Waals surface area contributed by atoms with Crippen LogP contribution >= 0.6 is 15.9 Å². The molecule has 0 spiro atoms. The van der Waals surface area contributed by atoms with Crippen molar-refractivity contribution in [2.75, 3.05) is 27.2 Å². The summed E-state index contributed by atoms with van der Waals surface area (Å²) in [5, 5.41) is 0. The number of likely N-dealkylation sites (tertiary alicyclic amines) is 1. The van der Waals surface area contributed by atoms with Gasteiger partial charge in [-0.25, -0.2) is 0 Å². The molecule has 1 aromatic rings. The molecule has 1 saturated heterocycles. The summed E-state index contributed by atoms with van der Waals surface area (Å²) in [5.41, 5.74) is 1.22. The number of piperidine rings is 1. The van der Waals surface area contributed by atoms with Gasteiger partial charge in [0.1, 0.15) is 0 Å². The summed E-state index contributed by atoms with van der Waals surface area (Å²) < 4.78 is 6.00. The lowest BCUT2D eigenvalue weighted by Crippen LogP contribution is -2.41. The van der Waals surface area contributed by atoms with Crippen molar-refractivity contribution >= 4 is 21.9 Å². The van der Waals surface area contributed by atoms with Crippen LogP contribution in [-0.2, 0) is 9.53 Å². The molecule has 0 bridgehead atoms. The summed E-state index contributed by atoms with van der Waals surface area (Å²) in [5.74, 6) is 0.103. The second-order valence-electron chi connectivity index (χ2n) is 4.84. The van der Waals surface area contributed by atoms with Crippen LogP contribution < -0.4 is 0 Å². The predicted octanol–water partition coefficient (Wildman–Crippen LogP) is 2.66. The number of esters is 1. The molecule has 1 aliphatic heterocycles. The molecular weight excluding hydrogens is 294 g/mol. The van der Waals surface area contributed by atoms with E-state index in [1.807, 2.05) is 19.2 Å². The van der Waals surface area contributed by atoms with Crippen LogP contribution in [0.25, 0.3) is 0 Å². The van der Waals surface area contributed by atoms with Gasteiger partial charge >= 0.3 is 5.97 Å². The molecule has 0 amide bonds. The number of ether oxygens (including phenoxy) is 1. The summed E-state index contributed by atoms with van der Waals surface area (Å²) in [4.78, 5) is 14.1. The van der Waals surface area contributed by atoms with Gasteiger partial charge in [0, 0.05) is 11.0 Å². The Kier molecular flexibility index (Phi) is 4.40. The zero-order valence-corrected chi connectivity index (χ0v) is 12.3. The summed E-state index contributed by atoms with van der Waals surface area (Å²) in [6, 6.07) is 8.25. The fourth-order valence-corrected chi connectivity index (χ4v) is 2.88. The van der Waals surface area contributed by atoms with Crippen LogP contribution in [0.15, 0.2) is 28.7 Å². The minimum atomic E-state index is -0.102. The van der Waals surface area contributed by atoms with Crippen LogP contribution in [0.5, 0.6) is 0 Å². The average Bonchev–Trinajstić information content (AvgIpc) is 2.39. The minimum absolute atomic E-state index is 0.0603. The number of rotatable bonds is 2. The highest BCUT2D eigenvalue weighted by atomic mass is 79.9. The first-order valence-corrected chi connectivity index (χ1v) is 6.93. The Morgan fingerprint density at radius 2 is 2.06 bits per heavy atom. The van der Waals surface area contributed by atoms with Crippen LogP contribution in [0.1, 0.15) is 17.9 Å². The van der Waals surface area contributed by atoms with Crippen LogP contribution in [0.3, 0.4) is 0 Å². The molecule has 2 rings (SSSR count). The normalized spacial score (nSPS) is 24.8. The van der Waals surface area contributed by atoms with Gasteiger partial charge in [-0.05, 0) is 43.6 Å². The van der Waals surface area contributed by atoms with E-state index in [4.69, 9.17) is 4.74 Å². The van der Waals surface area contributed by atoms with Crippen LogP contribution in [0.2, 0.25) is 0 Å². The molecule has 0 radical (unpaired) electrons. The summed E-state index contributed by atoms with van der Waals surface area (Å²) in [6.07, 6.45) is 0.998. The zero-order chi connectivity index (χ0) is 13.1. The van der Waals surface area contributed by atoms with Gasteiger partial charge in [-0.2, -0.15) is 0 Å². The Morgan fingerprint density at radius 1 is 1.39 bits per heavy atom. The molecule has 3 nitrogen and oxygen atoms in total. The highest BCUT2D eigenvalue weighted by molar-refractivity contribution is 9.10. The molecule has 18 heavy (non-hydrogen) atoms. The van der Waals surface area contributed by atoms with Gasteiger partial charge in [0.25, 0.3) is 0 Å². The first-order valence-electron chi connectivity index (χ1n) is 6.13. The number of nitrogens with zero attached hydrogens (tertiary/aromatic N) is 1. The van der Waals surface area contributed by atoms with Crippen molar-refractivity contribution in [1.29, 1.82) is 0 Å². The zero-order valence-electron chi connectivity index (χ0n) is 10.7. The Balaban J connectivity index is 2.23.